The van der Waals surface area contributed by atoms with Crippen molar-refractivity contribution in [2.24, 2.45) is 0 Å². The van der Waals surface area contributed by atoms with E-state index in [-0.39, 0.29) is 24.2 Å². The van der Waals surface area contributed by atoms with Crippen LogP contribution in [-0.2, 0) is 11.2 Å². The van der Waals surface area contributed by atoms with Crippen LogP contribution in [0.2, 0.25) is 0 Å². The Bertz CT molecular complexity index is 1000. The van der Waals surface area contributed by atoms with E-state index in [1.807, 2.05) is 25.1 Å². The highest BCUT2D eigenvalue weighted by Crippen LogP contribution is 2.43. The normalized spacial score (nSPS) is 29.0. The molecule has 2 heterocycles. The monoisotopic (exact) mass is 410 g/mol. The number of hydrogen-bond acceptors (Lipinski definition) is 5. The van der Waals surface area contributed by atoms with Gasteiger partial charge in [-0.2, -0.15) is 5.26 Å². The van der Waals surface area contributed by atoms with Crippen molar-refractivity contribution in [3.8, 4) is 6.07 Å². The van der Waals surface area contributed by atoms with E-state index in [2.05, 4.69) is 34.3 Å². The van der Waals surface area contributed by atoms with Crippen molar-refractivity contribution < 1.29 is 14.6 Å². The Morgan fingerprint density at radius 1 is 1.40 bits per heavy atom. The van der Waals surface area contributed by atoms with E-state index in [1.54, 1.807) is 13.8 Å². The molecule has 4 rings (SSSR count). The molecule has 1 fully saturated rings. The summed E-state index contributed by atoms with van der Waals surface area (Å²) in [5.41, 5.74) is 2.29. The second-order valence-corrected chi connectivity index (χ2v) is 9.04. The van der Waals surface area contributed by atoms with Gasteiger partial charge in [-0.15, -0.1) is 0 Å². The first-order valence-electron chi connectivity index (χ1n) is 10.7. The molecule has 1 aromatic heterocycles. The van der Waals surface area contributed by atoms with Gasteiger partial charge in [-0.1, -0.05) is 18.2 Å². The molecule has 0 bridgehead atoms. The van der Waals surface area contributed by atoms with Crippen LogP contribution in [0.15, 0.2) is 24.3 Å². The largest absolute Gasteiger partial charge is 0.447 e. The number of fused-ring (bicyclic) bond motifs is 3. The van der Waals surface area contributed by atoms with Crippen LogP contribution in [0.4, 0.5) is 4.79 Å². The molecule has 3 N–H and O–H groups in total. The molecule has 1 aromatic carbocycles. The van der Waals surface area contributed by atoms with Crippen LogP contribution < -0.4 is 10.6 Å². The SMILES string of the molecule is CC(C)OC(=O)NC1Cc2c(c3ccccc3n2C(C)C2NCCC2(C)O)[C@@H]1C#N. The molecule has 7 nitrogen and oxygen atoms in total. The van der Waals surface area contributed by atoms with Gasteiger partial charge < -0.3 is 25.0 Å². The summed E-state index contributed by atoms with van der Waals surface area (Å²) in [6.45, 7) is 8.36. The fourth-order valence-electron chi connectivity index (χ4n) is 5.27. The van der Waals surface area contributed by atoms with Crippen molar-refractivity contribution >= 4 is 17.0 Å². The number of nitriles is 1. The number of rotatable bonds is 4. The number of carbonyl (C=O) groups is 1. The Kier molecular flexibility index (Phi) is 5.25. The van der Waals surface area contributed by atoms with Crippen LogP contribution in [0.1, 0.15) is 57.3 Å². The minimum absolute atomic E-state index is 0.0168. The highest BCUT2D eigenvalue weighted by atomic mass is 16.6. The smallest absolute Gasteiger partial charge is 0.407 e. The molecule has 0 radical (unpaired) electrons. The number of aromatic nitrogens is 1. The fourth-order valence-corrected chi connectivity index (χ4v) is 5.27. The second-order valence-electron chi connectivity index (χ2n) is 9.04. The van der Waals surface area contributed by atoms with Gasteiger partial charge in [-0.3, -0.25) is 0 Å². The van der Waals surface area contributed by atoms with Gasteiger partial charge in [0.2, 0.25) is 0 Å². The Balaban J connectivity index is 1.76. The average molecular weight is 411 g/mol. The molecule has 1 saturated heterocycles. The van der Waals surface area contributed by atoms with Crippen LogP contribution in [0, 0.1) is 11.3 Å². The van der Waals surface area contributed by atoms with E-state index in [0.29, 0.717) is 12.8 Å². The van der Waals surface area contributed by atoms with E-state index in [0.717, 1.165) is 28.7 Å². The number of nitrogens with one attached hydrogen (secondary N) is 2. The summed E-state index contributed by atoms with van der Waals surface area (Å²) < 4.78 is 7.50. The maximum absolute atomic E-state index is 12.2. The molecular formula is C23H30N4O3. The number of hydrogen-bond donors (Lipinski definition) is 3. The summed E-state index contributed by atoms with van der Waals surface area (Å²) in [5.74, 6) is -0.449. The standard InChI is InChI=1S/C23H30N4O3/c1-13(2)30-22(28)26-17-11-19-20(16(17)12-24)15-7-5-6-8-18(15)27(19)14(3)21-23(4,29)9-10-25-21/h5-8,13-14,16-17,21,25,29H,9-11H2,1-4H3,(H,26,28)/t14?,16-,17?,21?,23?/m1/s1. The maximum Gasteiger partial charge on any atom is 0.407 e. The van der Waals surface area contributed by atoms with E-state index in [9.17, 15) is 15.2 Å². The molecule has 2 aliphatic rings. The fraction of sp³-hybridized carbons (Fsp3) is 0.565. The summed E-state index contributed by atoms with van der Waals surface area (Å²) >= 11 is 0. The zero-order chi connectivity index (χ0) is 21.6. The molecule has 4 unspecified atom stereocenters. The Labute approximate surface area is 177 Å². The van der Waals surface area contributed by atoms with Gasteiger partial charge in [-0.05, 0) is 46.7 Å². The Morgan fingerprint density at radius 3 is 2.77 bits per heavy atom. The van der Waals surface area contributed by atoms with Gasteiger partial charge >= 0.3 is 6.09 Å². The number of para-hydroxylation sites is 1. The van der Waals surface area contributed by atoms with Crippen LogP contribution in [0.5, 0.6) is 0 Å². The first-order valence-corrected chi connectivity index (χ1v) is 10.7. The zero-order valence-electron chi connectivity index (χ0n) is 18.0. The third kappa shape index (κ3) is 3.34. The number of nitrogens with zero attached hydrogens (tertiary/aromatic N) is 2. The highest BCUT2D eigenvalue weighted by Gasteiger charge is 2.44. The number of alkyl carbamates (subject to hydrolysis) is 1. The van der Waals surface area contributed by atoms with E-state index < -0.39 is 17.6 Å². The second kappa shape index (κ2) is 7.60. The number of benzene rings is 1. The molecular weight excluding hydrogens is 380 g/mol. The molecule has 0 spiro atoms. The zero-order valence-corrected chi connectivity index (χ0v) is 18.0. The summed E-state index contributed by atoms with van der Waals surface area (Å²) in [6.07, 6.45) is 0.536. The van der Waals surface area contributed by atoms with Crippen molar-refractivity contribution in [3.63, 3.8) is 0 Å². The highest BCUT2D eigenvalue weighted by molar-refractivity contribution is 5.88. The molecule has 2 aromatic rings. The molecule has 160 valence electrons. The molecule has 30 heavy (non-hydrogen) atoms. The average Bonchev–Trinajstić information content (AvgIpc) is 3.29. The molecule has 7 heteroatoms. The van der Waals surface area contributed by atoms with Gasteiger partial charge in [0.15, 0.2) is 0 Å². The summed E-state index contributed by atoms with van der Waals surface area (Å²) in [5, 5.41) is 28.3. The molecule has 1 aliphatic carbocycles. The Hall–Kier alpha value is -2.56. The van der Waals surface area contributed by atoms with Crippen LogP contribution in [-0.4, -0.2) is 46.1 Å². The molecule has 1 aliphatic heterocycles. The van der Waals surface area contributed by atoms with Crippen molar-refractivity contribution in [1.82, 2.24) is 15.2 Å². The van der Waals surface area contributed by atoms with Gasteiger partial charge in [0.1, 0.15) is 0 Å². The van der Waals surface area contributed by atoms with Crippen LogP contribution in [0.25, 0.3) is 10.9 Å². The Morgan fingerprint density at radius 2 is 2.13 bits per heavy atom. The lowest BCUT2D eigenvalue weighted by atomic mass is 9.92. The van der Waals surface area contributed by atoms with Crippen LogP contribution >= 0.6 is 0 Å². The van der Waals surface area contributed by atoms with E-state index in [4.69, 9.17) is 4.74 Å². The van der Waals surface area contributed by atoms with Gasteiger partial charge in [-0.25, -0.2) is 4.79 Å². The minimum atomic E-state index is -0.802. The summed E-state index contributed by atoms with van der Waals surface area (Å²) in [7, 11) is 0. The van der Waals surface area contributed by atoms with Crippen molar-refractivity contribution in [2.45, 2.75) is 76.3 Å². The minimum Gasteiger partial charge on any atom is -0.447 e. The van der Waals surface area contributed by atoms with Gasteiger partial charge in [0.25, 0.3) is 0 Å². The maximum atomic E-state index is 12.2. The topological polar surface area (TPSA) is 99.3 Å². The van der Waals surface area contributed by atoms with Crippen molar-refractivity contribution in [1.29, 1.82) is 5.26 Å². The predicted molar refractivity (Wildman–Crippen MR) is 114 cm³/mol. The van der Waals surface area contributed by atoms with E-state index in [1.165, 1.54) is 0 Å². The third-order valence-electron chi connectivity index (χ3n) is 6.52. The van der Waals surface area contributed by atoms with Gasteiger partial charge in [0.05, 0.1) is 35.8 Å². The lowest BCUT2D eigenvalue weighted by Crippen LogP contribution is -2.46. The van der Waals surface area contributed by atoms with Crippen LogP contribution in [0.3, 0.4) is 0 Å². The predicted octanol–water partition coefficient (Wildman–Crippen LogP) is 2.98. The third-order valence-corrected chi connectivity index (χ3v) is 6.52. The number of ether oxygens (including phenoxy) is 1. The lowest BCUT2D eigenvalue weighted by Gasteiger charge is -2.33. The van der Waals surface area contributed by atoms with E-state index >= 15 is 0 Å². The summed E-state index contributed by atoms with van der Waals surface area (Å²) in [4.78, 5) is 12.2. The van der Waals surface area contributed by atoms with Crippen molar-refractivity contribution in [2.75, 3.05) is 6.54 Å². The number of carbonyl (C=O) groups excluding carboxylic acids is 1. The van der Waals surface area contributed by atoms with Crippen molar-refractivity contribution in [3.05, 3.63) is 35.5 Å². The number of aliphatic hydroxyl groups is 1. The first kappa shape index (κ1) is 20.7. The molecule has 0 saturated carbocycles. The van der Waals surface area contributed by atoms with Gasteiger partial charge in [0, 0.05) is 34.6 Å². The first-order chi connectivity index (χ1) is 14.2. The lowest BCUT2D eigenvalue weighted by molar-refractivity contribution is 0.0315. The summed E-state index contributed by atoms with van der Waals surface area (Å²) in [6, 6.07) is 10.0. The molecule has 5 atom stereocenters. The quantitative estimate of drug-likeness (QED) is 0.720. The molecule has 1 amide bonds. The number of amides is 1.